The van der Waals surface area contributed by atoms with Crippen molar-refractivity contribution in [1.82, 2.24) is 10.3 Å². The summed E-state index contributed by atoms with van der Waals surface area (Å²) < 4.78 is 0.734. The second-order valence-corrected chi connectivity index (χ2v) is 6.09. The number of carbonyl (C=O) groups excluding carboxylic acids is 1. The van der Waals surface area contributed by atoms with Crippen molar-refractivity contribution in [2.24, 2.45) is 5.84 Å². The summed E-state index contributed by atoms with van der Waals surface area (Å²) in [7, 11) is 0. The van der Waals surface area contributed by atoms with Crippen molar-refractivity contribution in [2.75, 3.05) is 12.0 Å². The van der Waals surface area contributed by atoms with Crippen LogP contribution in [0.15, 0.2) is 24.3 Å². The van der Waals surface area contributed by atoms with Crippen LogP contribution in [0.4, 0.5) is 5.82 Å². The molecule has 0 aliphatic carbocycles. The third-order valence-corrected chi connectivity index (χ3v) is 4.09. The molecule has 4 N–H and O–H groups in total. The van der Waals surface area contributed by atoms with E-state index in [4.69, 9.17) is 29.0 Å². The molecule has 2 aromatic rings. The monoisotopic (exact) mass is 330 g/mol. The van der Waals surface area contributed by atoms with Crippen molar-refractivity contribution in [1.29, 1.82) is 0 Å². The lowest BCUT2D eigenvalue weighted by Gasteiger charge is -2.07. The van der Waals surface area contributed by atoms with Gasteiger partial charge in [0.05, 0.1) is 9.36 Å². The molecule has 0 spiro atoms. The third-order valence-electron chi connectivity index (χ3n) is 2.49. The SMILES string of the molecule is NNc1ccc(Cl)c(C(=O)NCCc2ccc(Cl)s2)n1. The van der Waals surface area contributed by atoms with Crippen LogP contribution in [0.3, 0.4) is 0 Å². The maximum Gasteiger partial charge on any atom is 0.271 e. The predicted molar refractivity (Wildman–Crippen MR) is 82.4 cm³/mol. The fraction of sp³-hybridized carbons (Fsp3) is 0.167. The van der Waals surface area contributed by atoms with E-state index in [0.29, 0.717) is 18.8 Å². The molecule has 5 nitrogen and oxygen atoms in total. The van der Waals surface area contributed by atoms with E-state index in [0.717, 1.165) is 9.21 Å². The average molecular weight is 331 g/mol. The standard InChI is InChI=1S/C12H12Cl2N4OS/c13-8-2-4-10(18-15)17-11(8)12(19)16-6-5-7-1-3-9(14)20-7/h1-4H,5-6,15H2,(H,16,19)(H,17,18). The van der Waals surface area contributed by atoms with E-state index in [1.165, 1.54) is 11.3 Å². The van der Waals surface area contributed by atoms with Gasteiger partial charge in [0.2, 0.25) is 0 Å². The Bertz CT molecular complexity index is 617. The summed E-state index contributed by atoms with van der Waals surface area (Å²) in [5.41, 5.74) is 2.52. The Kier molecular flexibility index (Phi) is 5.19. The molecule has 0 atom stereocenters. The van der Waals surface area contributed by atoms with Gasteiger partial charge >= 0.3 is 0 Å². The number of thiophene rings is 1. The van der Waals surface area contributed by atoms with E-state index in [9.17, 15) is 4.79 Å². The van der Waals surface area contributed by atoms with E-state index in [-0.39, 0.29) is 16.6 Å². The molecule has 0 saturated heterocycles. The van der Waals surface area contributed by atoms with Crippen LogP contribution < -0.4 is 16.6 Å². The number of amides is 1. The summed E-state index contributed by atoms with van der Waals surface area (Å²) in [5, 5.41) is 3.04. The molecule has 8 heteroatoms. The zero-order chi connectivity index (χ0) is 14.5. The molecule has 2 heterocycles. The van der Waals surface area contributed by atoms with Gasteiger partial charge in [-0.1, -0.05) is 23.2 Å². The predicted octanol–water partition coefficient (Wildman–Crippen LogP) is 2.71. The molecule has 0 unspecified atom stereocenters. The number of nitrogens with zero attached hydrogens (tertiary/aromatic N) is 1. The van der Waals surface area contributed by atoms with Crippen LogP contribution in [0.25, 0.3) is 0 Å². The number of nitrogens with two attached hydrogens (primary N) is 1. The maximum absolute atomic E-state index is 12.0. The highest BCUT2D eigenvalue weighted by atomic mass is 35.5. The lowest BCUT2D eigenvalue weighted by Crippen LogP contribution is -2.27. The Morgan fingerprint density at radius 1 is 1.30 bits per heavy atom. The molecule has 2 aromatic heterocycles. The first-order chi connectivity index (χ1) is 9.60. The topological polar surface area (TPSA) is 80.0 Å². The minimum absolute atomic E-state index is 0.145. The first-order valence-corrected chi connectivity index (χ1v) is 7.33. The molecule has 0 radical (unpaired) electrons. The summed E-state index contributed by atoms with van der Waals surface area (Å²) in [4.78, 5) is 17.1. The zero-order valence-electron chi connectivity index (χ0n) is 10.3. The minimum Gasteiger partial charge on any atom is -0.350 e. The highest BCUT2D eigenvalue weighted by molar-refractivity contribution is 7.16. The Labute approximate surface area is 130 Å². The van der Waals surface area contributed by atoms with Crippen molar-refractivity contribution < 1.29 is 4.79 Å². The smallest absolute Gasteiger partial charge is 0.271 e. The molecule has 20 heavy (non-hydrogen) atoms. The first-order valence-electron chi connectivity index (χ1n) is 5.75. The number of anilines is 1. The number of halogens is 2. The zero-order valence-corrected chi connectivity index (χ0v) is 12.6. The highest BCUT2D eigenvalue weighted by Crippen LogP contribution is 2.21. The maximum atomic E-state index is 12.0. The summed E-state index contributed by atoms with van der Waals surface area (Å²) in [5.74, 6) is 5.29. The largest absolute Gasteiger partial charge is 0.350 e. The number of hydrogen-bond acceptors (Lipinski definition) is 5. The second kappa shape index (κ2) is 6.90. The van der Waals surface area contributed by atoms with Gasteiger partial charge in [0.25, 0.3) is 5.91 Å². The van der Waals surface area contributed by atoms with Gasteiger partial charge in [-0.15, -0.1) is 11.3 Å². The lowest BCUT2D eigenvalue weighted by molar-refractivity contribution is 0.0949. The molecule has 0 aromatic carbocycles. The van der Waals surface area contributed by atoms with Crippen molar-refractivity contribution in [3.63, 3.8) is 0 Å². The van der Waals surface area contributed by atoms with Gasteiger partial charge in [-0.25, -0.2) is 10.8 Å². The molecule has 1 amide bonds. The number of hydrogen-bond donors (Lipinski definition) is 3. The Morgan fingerprint density at radius 3 is 2.75 bits per heavy atom. The number of rotatable bonds is 5. The van der Waals surface area contributed by atoms with Crippen molar-refractivity contribution in [3.05, 3.63) is 44.2 Å². The minimum atomic E-state index is -0.338. The van der Waals surface area contributed by atoms with Gasteiger partial charge in [-0.3, -0.25) is 4.79 Å². The second-order valence-electron chi connectivity index (χ2n) is 3.88. The van der Waals surface area contributed by atoms with Crippen LogP contribution in [0.1, 0.15) is 15.4 Å². The highest BCUT2D eigenvalue weighted by Gasteiger charge is 2.12. The third kappa shape index (κ3) is 3.83. The van der Waals surface area contributed by atoms with Gasteiger partial charge in [0.15, 0.2) is 0 Å². The fourth-order valence-electron chi connectivity index (χ4n) is 1.55. The van der Waals surface area contributed by atoms with E-state index in [1.807, 2.05) is 12.1 Å². The molecular formula is C12H12Cl2N4OS. The fourth-order valence-corrected chi connectivity index (χ4v) is 2.83. The van der Waals surface area contributed by atoms with Crippen LogP contribution in [0, 0.1) is 0 Å². The number of nitrogen functional groups attached to an aromatic ring is 1. The molecule has 106 valence electrons. The summed E-state index contributed by atoms with van der Waals surface area (Å²) >= 11 is 13.3. The molecule has 0 bridgehead atoms. The molecule has 2 rings (SSSR count). The van der Waals surface area contributed by atoms with E-state index in [2.05, 4.69) is 15.7 Å². The summed E-state index contributed by atoms with van der Waals surface area (Å²) in [6, 6.07) is 6.92. The van der Waals surface area contributed by atoms with Gasteiger partial charge in [-0.05, 0) is 30.7 Å². The molecular weight excluding hydrogens is 319 g/mol. The van der Waals surface area contributed by atoms with Crippen LogP contribution in [0.5, 0.6) is 0 Å². The first kappa shape index (κ1) is 15.1. The number of carbonyl (C=O) groups is 1. The lowest BCUT2D eigenvalue weighted by atomic mass is 10.3. The number of hydrazine groups is 1. The number of nitrogens with one attached hydrogen (secondary N) is 2. The molecule has 0 saturated carbocycles. The normalized spacial score (nSPS) is 10.3. The van der Waals surface area contributed by atoms with Crippen molar-refractivity contribution >= 4 is 46.3 Å². The number of aromatic nitrogens is 1. The molecule has 0 fully saturated rings. The molecule has 0 aliphatic rings. The summed E-state index contributed by atoms with van der Waals surface area (Å²) in [6.07, 6.45) is 0.704. The van der Waals surface area contributed by atoms with E-state index >= 15 is 0 Å². The Balaban J connectivity index is 1.94. The Morgan fingerprint density at radius 2 is 2.10 bits per heavy atom. The Hall–Kier alpha value is -1.34. The van der Waals surface area contributed by atoms with Crippen LogP contribution in [-0.4, -0.2) is 17.4 Å². The molecule has 0 aliphatic heterocycles. The van der Waals surface area contributed by atoms with Crippen LogP contribution in [-0.2, 0) is 6.42 Å². The van der Waals surface area contributed by atoms with Gasteiger partial charge in [0, 0.05) is 11.4 Å². The number of pyridine rings is 1. The van der Waals surface area contributed by atoms with Crippen LogP contribution in [0.2, 0.25) is 9.36 Å². The quantitative estimate of drug-likeness (QED) is 0.581. The van der Waals surface area contributed by atoms with E-state index in [1.54, 1.807) is 12.1 Å². The van der Waals surface area contributed by atoms with Crippen molar-refractivity contribution in [2.45, 2.75) is 6.42 Å². The van der Waals surface area contributed by atoms with Gasteiger partial charge in [0.1, 0.15) is 11.5 Å². The average Bonchev–Trinajstić information content (AvgIpc) is 2.85. The van der Waals surface area contributed by atoms with Crippen molar-refractivity contribution in [3.8, 4) is 0 Å². The van der Waals surface area contributed by atoms with Crippen LogP contribution >= 0.6 is 34.5 Å². The van der Waals surface area contributed by atoms with Gasteiger partial charge < -0.3 is 10.7 Å². The summed E-state index contributed by atoms with van der Waals surface area (Å²) in [6.45, 7) is 0.480. The van der Waals surface area contributed by atoms with E-state index < -0.39 is 0 Å². The van der Waals surface area contributed by atoms with Gasteiger partial charge in [-0.2, -0.15) is 0 Å².